The summed E-state index contributed by atoms with van der Waals surface area (Å²) in [4.78, 5) is 16.5. The summed E-state index contributed by atoms with van der Waals surface area (Å²) in [6.45, 7) is 0. The number of phenolic OH excluding ortho intramolecular Hbond substituents is 1. The number of nitrogens with one attached hydrogen (secondary N) is 2. The van der Waals surface area contributed by atoms with E-state index in [-0.39, 0.29) is 35.8 Å². The van der Waals surface area contributed by atoms with Crippen LogP contribution in [-0.2, 0) is 16.4 Å². The summed E-state index contributed by atoms with van der Waals surface area (Å²) >= 11 is 0.925. The van der Waals surface area contributed by atoms with Crippen LogP contribution in [0.15, 0.2) is 29.6 Å². The maximum absolute atomic E-state index is 12.6. The summed E-state index contributed by atoms with van der Waals surface area (Å²) in [7, 11) is -3.54. The zero-order valence-electron chi connectivity index (χ0n) is 16.0. The zero-order chi connectivity index (χ0) is 22.3. The number of benzene rings is 1. The van der Waals surface area contributed by atoms with Crippen LogP contribution in [0.25, 0.3) is 0 Å². The fourth-order valence-electron chi connectivity index (χ4n) is 2.62. The molecule has 162 valence electrons. The topological polar surface area (TPSA) is 173 Å². The molecule has 0 radical (unpaired) electrons. The second kappa shape index (κ2) is 10.4. The molecule has 3 atom stereocenters. The van der Waals surface area contributed by atoms with E-state index in [1.165, 1.54) is 17.5 Å². The Morgan fingerprint density at radius 3 is 2.57 bits per heavy atom. The van der Waals surface area contributed by atoms with E-state index in [0.717, 1.165) is 17.6 Å². The van der Waals surface area contributed by atoms with E-state index in [1.807, 2.05) is 6.07 Å². The minimum absolute atomic E-state index is 0.0207. The van der Waals surface area contributed by atoms with Gasteiger partial charge in [-0.05, 0) is 30.5 Å². The van der Waals surface area contributed by atoms with Crippen LogP contribution < -0.4 is 10.0 Å². The maximum Gasteiger partial charge on any atom is 0.271 e. The Morgan fingerprint density at radius 1 is 1.30 bits per heavy atom. The van der Waals surface area contributed by atoms with Crippen molar-refractivity contribution in [1.29, 1.82) is 5.26 Å². The van der Waals surface area contributed by atoms with E-state index < -0.39 is 34.2 Å². The smallest absolute Gasteiger partial charge is 0.271 e. The molecule has 0 aliphatic carbocycles. The Labute approximate surface area is 177 Å². The van der Waals surface area contributed by atoms with Crippen LogP contribution in [0.1, 0.15) is 28.9 Å². The highest BCUT2D eigenvalue weighted by atomic mass is 32.2. The molecule has 2 rings (SSSR count). The molecule has 0 saturated carbocycles. The molecule has 1 heterocycles. The van der Waals surface area contributed by atoms with Gasteiger partial charge >= 0.3 is 0 Å². The molecule has 1 aromatic carbocycles. The number of hydrogen-bond acceptors (Lipinski definition) is 9. The minimum Gasteiger partial charge on any atom is -0.508 e. The second-order valence-electron chi connectivity index (χ2n) is 6.62. The normalized spacial score (nSPS) is 14.3. The number of aliphatic hydroxyl groups excluding tert-OH is 2. The summed E-state index contributed by atoms with van der Waals surface area (Å²) in [5.74, 6) is -0.606. The van der Waals surface area contributed by atoms with Gasteiger partial charge in [-0.1, -0.05) is 12.1 Å². The van der Waals surface area contributed by atoms with Crippen LogP contribution in [0.2, 0.25) is 0 Å². The number of rotatable bonds is 10. The van der Waals surface area contributed by atoms with Crippen molar-refractivity contribution in [2.24, 2.45) is 0 Å². The van der Waals surface area contributed by atoms with Crippen LogP contribution in [0.5, 0.6) is 5.75 Å². The third-order valence-electron chi connectivity index (χ3n) is 4.08. The van der Waals surface area contributed by atoms with Gasteiger partial charge in [0.2, 0.25) is 10.0 Å². The first-order valence-corrected chi connectivity index (χ1v) is 11.6. The van der Waals surface area contributed by atoms with Gasteiger partial charge in [0.25, 0.3) is 5.91 Å². The van der Waals surface area contributed by atoms with Gasteiger partial charge in [-0.15, -0.1) is 11.3 Å². The number of phenols is 1. The standard InChI is InChI=1S/C18H22N4O6S2/c1-30(27,28)22-18-21-14(10-29-18)17(26)20-13(16(25)15(24)3-2-8-19)9-11-4-6-12(23)7-5-11/h4-7,10,13,15-16,23-25H,2-3,9H2,1H3,(H,20,26)(H,21,22). The summed E-state index contributed by atoms with van der Waals surface area (Å²) < 4.78 is 24.8. The van der Waals surface area contributed by atoms with Crippen molar-refractivity contribution in [1.82, 2.24) is 10.3 Å². The van der Waals surface area contributed by atoms with Crippen molar-refractivity contribution < 1.29 is 28.5 Å². The van der Waals surface area contributed by atoms with Gasteiger partial charge in [0.1, 0.15) is 17.5 Å². The fraction of sp³-hybridized carbons (Fsp3) is 0.389. The van der Waals surface area contributed by atoms with E-state index in [0.29, 0.717) is 5.56 Å². The van der Waals surface area contributed by atoms with E-state index in [1.54, 1.807) is 12.1 Å². The number of aliphatic hydroxyl groups is 2. The van der Waals surface area contributed by atoms with Crippen molar-refractivity contribution >= 4 is 32.4 Å². The predicted octanol–water partition coefficient (Wildman–Crippen LogP) is 0.587. The Balaban J connectivity index is 2.17. The van der Waals surface area contributed by atoms with E-state index in [9.17, 15) is 28.5 Å². The van der Waals surface area contributed by atoms with Crippen LogP contribution in [0, 0.1) is 11.3 Å². The fourth-order valence-corrected chi connectivity index (χ4v) is 4.16. The monoisotopic (exact) mass is 454 g/mol. The maximum atomic E-state index is 12.6. The lowest BCUT2D eigenvalue weighted by atomic mass is 9.95. The van der Waals surface area contributed by atoms with Crippen LogP contribution in [-0.4, -0.2) is 59.1 Å². The highest BCUT2D eigenvalue weighted by Crippen LogP contribution is 2.18. The number of aromatic nitrogens is 1. The molecule has 0 spiro atoms. The third-order valence-corrected chi connectivity index (χ3v) is 5.53. The molecule has 12 heteroatoms. The first-order valence-electron chi connectivity index (χ1n) is 8.84. The predicted molar refractivity (Wildman–Crippen MR) is 111 cm³/mol. The molecule has 3 unspecified atom stereocenters. The number of aromatic hydroxyl groups is 1. The van der Waals surface area contributed by atoms with Gasteiger partial charge in [0.05, 0.1) is 24.5 Å². The first-order chi connectivity index (χ1) is 14.1. The number of nitrogens with zero attached hydrogens (tertiary/aromatic N) is 2. The Morgan fingerprint density at radius 2 is 1.97 bits per heavy atom. The number of amides is 1. The molecule has 10 nitrogen and oxygen atoms in total. The van der Waals surface area contributed by atoms with Crippen LogP contribution in [0.4, 0.5) is 5.13 Å². The zero-order valence-corrected chi connectivity index (χ0v) is 17.7. The summed E-state index contributed by atoms with van der Waals surface area (Å²) in [5.41, 5.74) is 0.628. The molecule has 0 fully saturated rings. The van der Waals surface area contributed by atoms with Crippen molar-refractivity contribution in [3.8, 4) is 11.8 Å². The van der Waals surface area contributed by atoms with Gasteiger partial charge in [-0.3, -0.25) is 9.52 Å². The van der Waals surface area contributed by atoms with Crippen LogP contribution in [0.3, 0.4) is 0 Å². The highest BCUT2D eigenvalue weighted by molar-refractivity contribution is 7.92. The Bertz CT molecular complexity index is 1000. The van der Waals surface area contributed by atoms with Gasteiger partial charge in [-0.2, -0.15) is 5.26 Å². The largest absolute Gasteiger partial charge is 0.508 e. The molecular formula is C18H22N4O6S2. The molecule has 1 aromatic heterocycles. The van der Waals surface area contributed by atoms with E-state index in [4.69, 9.17) is 5.26 Å². The number of nitriles is 1. The third kappa shape index (κ3) is 7.27. The first kappa shape index (κ1) is 23.6. The summed E-state index contributed by atoms with van der Waals surface area (Å²) in [5, 5.41) is 42.8. The van der Waals surface area contributed by atoms with Gasteiger partial charge in [-0.25, -0.2) is 13.4 Å². The molecule has 5 N–H and O–H groups in total. The molecule has 2 aromatic rings. The van der Waals surface area contributed by atoms with Crippen molar-refractivity contribution in [3.63, 3.8) is 0 Å². The van der Waals surface area contributed by atoms with Gasteiger partial charge in [0.15, 0.2) is 5.13 Å². The lowest BCUT2D eigenvalue weighted by Gasteiger charge is -2.27. The number of carbonyl (C=O) groups is 1. The minimum atomic E-state index is -3.54. The Hall–Kier alpha value is -2.72. The molecule has 30 heavy (non-hydrogen) atoms. The SMILES string of the molecule is CS(=O)(=O)Nc1nc(C(=O)NC(Cc2ccc(O)cc2)C(O)C(O)CCC#N)cs1. The molecule has 1 amide bonds. The van der Waals surface area contributed by atoms with Crippen molar-refractivity contribution in [2.45, 2.75) is 37.5 Å². The number of thiazole rings is 1. The van der Waals surface area contributed by atoms with Crippen LogP contribution >= 0.6 is 11.3 Å². The van der Waals surface area contributed by atoms with Crippen molar-refractivity contribution in [2.75, 3.05) is 11.0 Å². The molecule has 0 aliphatic rings. The Kier molecular flexibility index (Phi) is 8.13. The quantitative estimate of drug-likeness (QED) is 0.347. The number of anilines is 1. The summed E-state index contributed by atoms with van der Waals surface area (Å²) in [6, 6.07) is 7.09. The lowest BCUT2D eigenvalue weighted by Crippen LogP contribution is -2.49. The molecule has 0 bridgehead atoms. The average Bonchev–Trinajstić information content (AvgIpc) is 3.13. The van der Waals surface area contributed by atoms with Gasteiger partial charge < -0.3 is 20.6 Å². The average molecular weight is 455 g/mol. The van der Waals surface area contributed by atoms with Crippen molar-refractivity contribution in [3.05, 3.63) is 40.9 Å². The van der Waals surface area contributed by atoms with E-state index in [2.05, 4.69) is 15.0 Å². The lowest BCUT2D eigenvalue weighted by molar-refractivity contribution is -0.00646. The van der Waals surface area contributed by atoms with Gasteiger partial charge in [0, 0.05) is 11.8 Å². The number of carbonyl (C=O) groups excluding carboxylic acids is 1. The molecule has 0 saturated heterocycles. The summed E-state index contributed by atoms with van der Waals surface area (Å²) in [6.07, 6.45) is -1.46. The number of hydrogen-bond donors (Lipinski definition) is 5. The second-order valence-corrected chi connectivity index (χ2v) is 9.22. The molecule has 0 aliphatic heterocycles. The number of sulfonamides is 1. The van der Waals surface area contributed by atoms with E-state index >= 15 is 0 Å². The highest BCUT2D eigenvalue weighted by Gasteiger charge is 2.29. The molecular weight excluding hydrogens is 432 g/mol.